The van der Waals surface area contributed by atoms with E-state index in [1.54, 1.807) is 6.20 Å². The molecule has 6 nitrogen and oxygen atoms in total. The highest BCUT2D eigenvalue weighted by molar-refractivity contribution is 14.0. The summed E-state index contributed by atoms with van der Waals surface area (Å²) < 4.78 is 2.07. The monoisotopic (exact) mass is 550 g/mol. The molecule has 0 unspecified atom stereocenters. The molecule has 31 heavy (non-hydrogen) atoms. The zero-order valence-corrected chi connectivity index (χ0v) is 20.7. The second-order valence-corrected chi connectivity index (χ2v) is 7.78. The van der Waals surface area contributed by atoms with Gasteiger partial charge in [-0.15, -0.1) is 24.0 Å². The number of imidazole rings is 1. The Hall–Kier alpha value is -2.26. The Morgan fingerprint density at radius 2 is 1.74 bits per heavy atom. The quantitative estimate of drug-likeness (QED) is 0.295. The van der Waals surface area contributed by atoms with Crippen molar-refractivity contribution in [3.63, 3.8) is 0 Å². The molecule has 164 valence electrons. The maximum Gasteiger partial charge on any atom is 0.194 e. The molecule has 8 heteroatoms. The van der Waals surface area contributed by atoms with E-state index in [-0.39, 0.29) is 24.0 Å². The van der Waals surface area contributed by atoms with Gasteiger partial charge in [-0.05, 0) is 23.3 Å². The third-order valence-corrected chi connectivity index (χ3v) is 5.70. The van der Waals surface area contributed by atoms with Crippen molar-refractivity contribution in [1.82, 2.24) is 19.8 Å². The van der Waals surface area contributed by atoms with Crippen LogP contribution in [0.1, 0.15) is 11.1 Å². The van der Waals surface area contributed by atoms with Crippen molar-refractivity contribution in [3.8, 4) is 0 Å². The molecule has 0 spiro atoms. The molecule has 0 amide bonds. The maximum absolute atomic E-state index is 6.36. The molecule has 0 atom stereocenters. The van der Waals surface area contributed by atoms with E-state index in [0.717, 1.165) is 55.9 Å². The fourth-order valence-electron chi connectivity index (χ4n) is 3.73. The standard InChI is InChI=1S/C23H27ClN6.HI/c1-25-23(30-14-12-29(13-15-30)22-5-3-2-4-21(22)24)27-16-19-6-8-20(9-7-19)17-28-11-10-26-18-28;/h2-11,18H,12-17H2,1H3,(H,25,27);1H. The molecule has 0 saturated carbocycles. The second-order valence-electron chi connectivity index (χ2n) is 7.38. The Morgan fingerprint density at radius 3 is 2.39 bits per heavy atom. The van der Waals surface area contributed by atoms with Gasteiger partial charge in [-0.1, -0.05) is 48.0 Å². The van der Waals surface area contributed by atoms with Crippen molar-refractivity contribution < 1.29 is 0 Å². The van der Waals surface area contributed by atoms with Gasteiger partial charge >= 0.3 is 0 Å². The SMILES string of the molecule is CN=C(NCc1ccc(Cn2ccnc2)cc1)N1CCN(c2ccccc2Cl)CC1.I. The first-order valence-corrected chi connectivity index (χ1v) is 10.6. The lowest BCUT2D eigenvalue weighted by Gasteiger charge is -2.38. The Kier molecular flexibility index (Phi) is 8.60. The molecular formula is C23H28ClIN6. The van der Waals surface area contributed by atoms with Crippen LogP contribution in [0.25, 0.3) is 0 Å². The Labute approximate surface area is 206 Å². The smallest absolute Gasteiger partial charge is 0.194 e. The number of hydrogen-bond acceptors (Lipinski definition) is 3. The number of halogens is 2. The number of nitrogens with zero attached hydrogens (tertiary/aromatic N) is 5. The van der Waals surface area contributed by atoms with Crippen LogP contribution in [0.2, 0.25) is 5.02 Å². The van der Waals surface area contributed by atoms with E-state index in [0.29, 0.717) is 0 Å². The lowest BCUT2D eigenvalue weighted by Crippen LogP contribution is -2.52. The van der Waals surface area contributed by atoms with Crippen molar-refractivity contribution in [2.75, 3.05) is 38.1 Å². The molecule has 1 fully saturated rings. The van der Waals surface area contributed by atoms with Crippen LogP contribution in [-0.4, -0.2) is 53.6 Å². The van der Waals surface area contributed by atoms with Gasteiger partial charge in [0, 0.05) is 58.7 Å². The van der Waals surface area contributed by atoms with E-state index in [9.17, 15) is 0 Å². The highest BCUT2D eigenvalue weighted by Crippen LogP contribution is 2.26. The van der Waals surface area contributed by atoms with Gasteiger partial charge in [0.25, 0.3) is 0 Å². The summed E-state index contributed by atoms with van der Waals surface area (Å²) in [7, 11) is 1.84. The molecule has 1 aliphatic heterocycles. The summed E-state index contributed by atoms with van der Waals surface area (Å²) in [6.07, 6.45) is 5.62. The van der Waals surface area contributed by atoms with E-state index in [4.69, 9.17) is 11.6 Å². The van der Waals surface area contributed by atoms with Gasteiger partial charge in [0.15, 0.2) is 5.96 Å². The largest absolute Gasteiger partial charge is 0.367 e. The summed E-state index contributed by atoms with van der Waals surface area (Å²) in [6, 6.07) is 16.7. The van der Waals surface area contributed by atoms with Crippen LogP contribution in [0, 0.1) is 0 Å². The van der Waals surface area contributed by atoms with Gasteiger partial charge in [0.05, 0.1) is 17.0 Å². The van der Waals surface area contributed by atoms with Gasteiger partial charge in [0.2, 0.25) is 0 Å². The molecule has 2 aromatic carbocycles. The van der Waals surface area contributed by atoms with Crippen molar-refractivity contribution in [2.24, 2.45) is 4.99 Å². The number of piperazine rings is 1. The van der Waals surface area contributed by atoms with E-state index in [1.165, 1.54) is 11.1 Å². The van der Waals surface area contributed by atoms with Crippen molar-refractivity contribution in [2.45, 2.75) is 13.1 Å². The van der Waals surface area contributed by atoms with Gasteiger partial charge in [-0.25, -0.2) is 4.98 Å². The Bertz CT molecular complexity index is 966. The Balaban J connectivity index is 0.00000272. The number of nitrogens with one attached hydrogen (secondary N) is 1. The molecule has 0 aliphatic carbocycles. The van der Waals surface area contributed by atoms with Crippen molar-refractivity contribution >= 4 is 47.2 Å². The van der Waals surface area contributed by atoms with Crippen LogP contribution in [0.4, 0.5) is 5.69 Å². The lowest BCUT2D eigenvalue weighted by molar-refractivity contribution is 0.372. The lowest BCUT2D eigenvalue weighted by atomic mass is 10.1. The zero-order valence-electron chi connectivity index (χ0n) is 17.6. The normalized spacial score (nSPS) is 14.3. The highest BCUT2D eigenvalue weighted by Gasteiger charge is 2.20. The number of guanidine groups is 1. The summed E-state index contributed by atoms with van der Waals surface area (Å²) in [6.45, 7) is 5.26. The molecule has 2 heterocycles. The van der Waals surface area contributed by atoms with Crippen LogP contribution in [0.15, 0.2) is 72.2 Å². The third-order valence-electron chi connectivity index (χ3n) is 5.38. The minimum atomic E-state index is 0. The molecule has 1 N–H and O–H groups in total. The van der Waals surface area contributed by atoms with Crippen LogP contribution >= 0.6 is 35.6 Å². The summed E-state index contributed by atoms with van der Waals surface area (Å²) >= 11 is 6.36. The summed E-state index contributed by atoms with van der Waals surface area (Å²) in [5.41, 5.74) is 3.61. The first-order valence-electron chi connectivity index (χ1n) is 10.2. The van der Waals surface area contributed by atoms with Crippen LogP contribution < -0.4 is 10.2 Å². The Morgan fingerprint density at radius 1 is 1.03 bits per heavy atom. The van der Waals surface area contributed by atoms with Gasteiger partial charge < -0.3 is 19.7 Å². The fourth-order valence-corrected chi connectivity index (χ4v) is 3.99. The zero-order chi connectivity index (χ0) is 20.8. The van der Waals surface area contributed by atoms with Crippen LogP contribution in [0.3, 0.4) is 0 Å². The van der Waals surface area contributed by atoms with Gasteiger partial charge in [0.1, 0.15) is 0 Å². The number of hydrogen-bond donors (Lipinski definition) is 1. The molecule has 1 saturated heterocycles. The van der Waals surface area contributed by atoms with E-state index >= 15 is 0 Å². The number of aliphatic imine (C=N–C) groups is 1. The number of rotatable bonds is 5. The topological polar surface area (TPSA) is 48.7 Å². The number of aromatic nitrogens is 2. The van der Waals surface area contributed by atoms with Crippen molar-refractivity contribution in [1.29, 1.82) is 0 Å². The first kappa shape index (κ1) is 23.4. The minimum Gasteiger partial charge on any atom is -0.367 e. The number of para-hydroxylation sites is 1. The van der Waals surface area contributed by atoms with E-state index < -0.39 is 0 Å². The number of benzene rings is 2. The first-order chi connectivity index (χ1) is 14.7. The molecule has 1 aromatic heterocycles. The summed E-state index contributed by atoms with van der Waals surface area (Å²) in [5, 5.41) is 4.31. The predicted octanol–water partition coefficient (Wildman–Crippen LogP) is 4.10. The average Bonchev–Trinajstić information content (AvgIpc) is 3.29. The third kappa shape index (κ3) is 6.13. The van der Waals surface area contributed by atoms with E-state index in [1.807, 2.05) is 37.8 Å². The fraction of sp³-hybridized carbons (Fsp3) is 0.304. The molecule has 3 aromatic rings. The van der Waals surface area contributed by atoms with Gasteiger partial charge in [-0.2, -0.15) is 0 Å². The predicted molar refractivity (Wildman–Crippen MR) is 139 cm³/mol. The maximum atomic E-state index is 6.36. The van der Waals surface area contributed by atoms with Gasteiger partial charge in [-0.3, -0.25) is 4.99 Å². The molecular weight excluding hydrogens is 523 g/mol. The minimum absolute atomic E-state index is 0. The highest BCUT2D eigenvalue weighted by atomic mass is 127. The van der Waals surface area contributed by atoms with Crippen LogP contribution in [0.5, 0.6) is 0 Å². The molecule has 0 radical (unpaired) electrons. The number of anilines is 1. The molecule has 1 aliphatic rings. The second kappa shape index (κ2) is 11.4. The molecule has 0 bridgehead atoms. The van der Waals surface area contributed by atoms with Crippen LogP contribution in [-0.2, 0) is 13.1 Å². The average molecular weight is 551 g/mol. The van der Waals surface area contributed by atoms with E-state index in [2.05, 4.69) is 60.0 Å². The molecule has 4 rings (SSSR count). The summed E-state index contributed by atoms with van der Waals surface area (Å²) in [5.74, 6) is 0.941. The van der Waals surface area contributed by atoms with Crippen molar-refractivity contribution in [3.05, 3.63) is 83.4 Å². The summed E-state index contributed by atoms with van der Waals surface area (Å²) in [4.78, 5) is 13.2.